The summed E-state index contributed by atoms with van der Waals surface area (Å²) < 4.78 is 0. The Kier molecular flexibility index (Phi) is 3.41. The lowest BCUT2D eigenvalue weighted by atomic mass is 9.85. The summed E-state index contributed by atoms with van der Waals surface area (Å²) in [5.74, 6) is 1.58. The molecule has 0 aromatic carbocycles. The van der Waals surface area contributed by atoms with E-state index >= 15 is 0 Å². The zero-order valence-corrected chi connectivity index (χ0v) is 14.3. The zero-order chi connectivity index (χ0) is 17.1. The normalized spacial score (nSPS) is 42.7. The van der Waals surface area contributed by atoms with E-state index < -0.39 is 0 Å². The summed E-state index contributed by atoms with van der Waals surface area (Å²) in [5, 5.41) is 3.01. The third kappa shape index (κ3) is 2.24. The van der Waals surface area contributed by atoms with Crippen LogP contribution in [0.4, 0.5) is 0 Å². The van der Waals surface area contributed by atoms with Gasteiger partial charge in [0.25, 0.3) is 0 Å². The highest BCUT2D eigenvalue weighted by Gasteiger charge is 2.58. The molecular formula is C20H24N2O3. The van der Waals surface area contributed by atoms with Crippen molar-refractivity contribution in [2.45, 2.75) is 25.7 Å². The average molecular weight is 340 g/mol. The molecule has 5 heteroatoms. The smallest absolute Gasteiger partial charge is 0.233 e. The lowest BCUT2D eigenvalue weighted by molar-refractivity contribution is -0.140. The standard InChI is InChI=1S/C20H24N2O3/c23-18(15-9-11-2-3-12(15)8-11)21-6-1-7-22-19(24)16-13-4-5-14(10-13)17(16)20(22)25/h2-5,11-17H,1,6-10H2,(H,21,23). The fourth-order valence-electron chi connectivity index (χ4n) is 5.85. The van der Waals surface area contributed by atoms with Gasteiger partial charge in [0.15, 0.2) is 0 Å². The fraction of sp³-hybridized carbons (Fsp3) is 0.650. The van der Waals surface area contributed by atoms with Gasteiger partial charge in [0, 0.05) is 19.0 Å². The molecule has 25 heavy (non-hydrogen) atoms. The monoisotopic (exact) mass is 340 g/mol. The second kappa shape index (κ2) is 5.55. The second-order valence-corrected chi connectivity index (χ2v) is 8.36. The maximum Gasteiger partial charge on any atom is 0.233 e. The SMILES string of the molecule is O=C(NCCCN1C(=O)C2C3C=CC(C3)C2C1=O)C1CC2C=CC1C2. The molecule has 0 aromatic rings. The van der Waals surface area contributed by atoms with E-state index in [1.54, 1.807) is 0 Å². The number of hydrogen-bond donors (Lipinski definition) is 1. The van der Waals surface area contributed by atoms with Crippen LogP contribution in [0.25, 0.3) is 0 Å². The summed E-state index contributed by atoms with van der Waals surface area (Å²) in [5.41, 5.74) is 0. The van der Waals surface area contributed by atoms with E-state index in [-0.39, 0.29) is 47.3 Å². The number of hydrogen-bond acceptors (Lipinski definition) is 3. The highest BCUT2D eigenvalue weighted by Crippen LogP contribution is 2.52. The van der Waals surface area contributed by atoms with E-state index in [0.717, 1.165) is 19.3 Å². The third-order valence-electron chi connectivity index (χ3n) is 7.04. The summed E-state index contributed by atoms with van der Waals surface area (Å²) in [4.78, 5) is 38.9. The Labute approximate surface area is 147 Å². The summed E-state index contributed by atoms with van der Waals surface area (Å²) in [6.45, 7) is 0.967. The molecule has 1 heterocycles. The first-order valence-electron chi connectivity index (χ1n) is 9.63. The first kappa shape index (κ1) is 15.4. The van der Waals surface area contributed by atoms with Gasteiger partial charge in [-0.1, -0.05) is 24.3 Å². The molecule has 1 saturated heterocycles. The van der Waals surface area contributed by atoms with Crippen molar-refractivity contribution in [3.05, 3.63) is 24.3 Å². The Morgan fingerprint density at radius 2 is 1.64 bits per heavy atom. The maximum absolute atomic E-state index is 12.6. The highest BCUT2D eigenvalue weighted by atomic mass is 16.2. The number of amides is 3. The predicted octanol–water partition coefficient (Wildman–Crippen LogP) is 1.51. The van der Waals surface area contributed by atoms with Gasteiger partial charge in [0.1, 0.15) is 0 Å². The minimum atomic E-state index is -0.113. The van der Waals surface area contributed by atoms with Crippen LogP contribution in [0.1, 0.15) is 25.7 Å². The van der Waals surface area contributed by atoms with Crippen LogP contribution in [-0.4, -0.2) is 35.7 Å². The van der Waals surface area contributed by atoms with E-state index in [0.29, 0.717) is 31.3 Å². The van der Waals surface area contributed by atoms with E-state index in [9.17, 15) is 14.4 Å². The largest absolute Gasteiger partial charge is 0.356 e. The van der Waals surface area contributed by atoms with E-state index in [1.165, 1.54) is 4.90 Å². The molecule has 7 atom stereocenters. The Morgan fingerprint density at radius 1 is 0.960 bits per heavy atom. The molecule has 3 amide bonds. The molecular weight excluding hydrogens is 316 g/mol. The second-order valence-electron chi connectivity index (χ2n) is 8.36. The Hall–Kier alpha value is -1.91. The number of nitrogens with zero attached hydrogens (tertiary/aromatic N) is 1. The molecule has 2 saturated carbocycles. The minimum Gasteiger partial charge on any atom is -0.356 e. The van der Waals surface area contributed by atoms with Gasteiger partial charge < -0.3 is 5.32 Å². The summed E-state index contributed by atoms with van der Waals surface area (Å²) in [6, 6.07) is 0. The number of carbonyl (C=O) groups is 3. The van der Waals surface area contributed by atoms with Crippen LogP contribution >= 0.6 is 0 Å². The molecule has 0 radical (unpaired) electrons. The topological polar surface area (TPSA) is 66.5 Å². The summed E-state index contributed by atoms with van der Waals surface area (Å²) in [7, 11) is 0. The van der Waals surface area contributed by atoms with Gasteiger partial charge in [0.05, 0.1) is 11.8 Å². The summed E-state index contributed by atoms with van der Waals surface area (Å²) >= 11 is 0. The molecule has 4 aliphatic carbocycles. The molecule has 1 N–H and O–H groups in total. The van der Waals surface area contributed by atoms with Gasteiger partial charge in [-0.15, -0.1) is 0 Å². The van der Waals surface area contributed by atoms with Crippen molar-refractivity contribution in [3.63, 3.8) is 0 Å². The van der Waals surface area contributed by atoms with Gasteiger partial charge in [-0.05, 0) is 49.4 Å². The number of carbonyl (C=O) groups excluding carboxylic acids is 3. The van der Waals surface area contributed by atoms with Crippen molar-refractivity contribution in [2.24, 2.45) is 41.4 Å². The van der Waals surface area contributed by atoms with Gasteiger partial charge in [-0.3, -0.25) is 19.3 Å². The zero-order valence-electron chi connectivity index (χ0n) is 14.3. The first-order valence-corrected chi connectivity index (χ1v) is 9.63. The van der Waals surface area contributed by atoms with Crippen LogP contribution in [-0.2, 0) is 14.4 Å². The molecule has 5 rings (SSSR count). The lowest BCUT2D eigenvalue weighted by Gasteiger charge is -2.19. The number of nitrogens with one attached hydrogen (secondary N) is 1. The van der Waals surface area contributed by atoms with Crippen LogP contribution < -0.4 is 5.32 Å². The van der Waals surface area contributed by atoms with Crippen molar-refractivity contribution in [1.29, 1.82) is 0 Å². The molecule has 1 aliphatic heterocycles. The van der Waals surface area contributed by atoms with Gasteiger partial charge in [-0.25, -0.2) is 0 Å². The molecule has 7 unspecified atom stereocenters. The third-order valence-corrected chi connectivity index (χ3v) is 7.04. The van der Waals surface area contributed by atoms with Gasteiger partial charge >= 0.3 is 0 Å². The Morgan fingerprint density at radius 3 is 2.24 bits per heavy atom. The van der Waals surface area contributed by atoms with E-state index in [2.05, 4.69) is 29.6 Å². The number of likely N-dealkylation sites (tertiary alicyclic amines) is 1. The Bertz CT molecular complexity index is 667. The van der Waals surface area contributed by atoms with Crippen LogP contribution in [0.2, 0.25) is 0 Å². The number of fused-ring (bicyclic) bond motifs is 7. The molecule has 4 bridgehead atoms. The average Bonchev–Trinajstić information content (AvgIpc) is 3.40. The molecule has 0 aromatic heterocycles. The van der Waals surface area contributed by atoms with Crippen LogP contribution in [0.15, 0.2) is 24.3 Å². The number of allylic oxidation sites excluding steroid dienone is 4. The number of imide groups is 1. The predicted molar refractivity (Wildman–Crippen MR) is 90.9 cm³/mol. The van der Waals surface area contributed by atoms with Crippen LogP contribution in [0.5, 0.6) is 0 Å². The van der Waals surface area contributed by atoms with E-state index in [4.69, 9.17) is 0 Å². The highest BCUT2D eigenvalue weighted by molar-refractivity contribution is 6.06. The van der Waals surface area contributed by atoms with Crippen molar-refractivity contribution in [2.75, 3.05) is 13.1 Å². The number of rotatable bonds is 5. The lowest BCUT2D eigenvalue weighted by Crippen LogP contribution is -2.37. The van der Waals surface area contributed by atoms with E-state index in [1.807, 2.05) is 0 Å². The Balaban J connectivity index is 1.12. The molecule has 0 spiro atoms. The summed E-state index contributed by atoms with van der Waals surface area (Å²) in [6.07, 6.45) is 12.3. The van der Waals surface area contributed by atoms with Gasteiger partial charge in [0.2, 0.25) is 17.7 Å². The first-order chi connectivity index (χ1) is 12.1. The van der Waals surface area contributed by atoms with Crippen LogP contribution in [0, 0.1) is 41.4 Å². The van der Waals surface area contributed by atoms with Crippen molar-refractivity contribution in [3.8, 4) is 0 Å². The van der Waals surface area contributed by atoms with Gasteiger partial charge in [-0.2, -0.15) is 0 Å². The maximum atomic E-state index is 12.6. The van der Waals surface area contributed by atoms with Crippen LogP contribution in [0.3, 0.4) is 0 Å². The molecule has 132 valence electrons. The quantitative estimate of drug-likeness (QED) is 0.469. The molecule has 5 nitrogen and oxygen atoms in total. The van der Waals surface area contributed by atoms with Crippen molar-refractivity contribution < 1.29 is 14.4 Å². The molecule has 5 aliphatic rings. The fourth-order valence-corrected chi connectivity index (χ4v) is 5.85. The minimum absolute atomic E-state index is 0.0106. The van der Waals surface area contributed by atoms with Crippen molar-refractivity contribution >= 4 is 17.7 Å². The molecule has 3 fully saturated rings. The van der Waals surface area contributed by atoms with Crippen molar-refractivity contribution in [1.82, 2.24) is 10.2 Å².